The molecule has 2 aliphatic rings. The normalized spacial score (nSPS) is 20.9. The van der Waals surface area contributed by atoms with Crippen molar-refractivity contribution in [3.8, 4) is 0 Å². The number of carbonyl (C=O) groups is 1. The lowest BCUT2D eigenvalue weighted by Crippen LogP contribution is -2.36. The van der Waals surface area contributed by atoms with E-state index in [1.807, 2.05) is 24.3 Å². The number of allylic oxidation sites excluding steroid dienone is 2. The molecule has 2 heterocycles. The summed E-state index contributed by atoms with van der Waals surface area (Å²) in [6.45, 7) is 3.43. The molecule has 1 saturated heterocycles. The topological polar surface area (TPSA) is 42.4 Å². The molecule has 0 N–H and O–H groups in total. The molecule has 132 valence electrons. The van der Waals surface area contributed by atoms with E-state index in [0.29, 0.717) is 0 Å². The number of rotatable bonds is 3. The number of carbonyl (C=O) groups excluding carboxylic acids is 1. The highest BCUT2D eigenvalue weighted by atomic mass is 16.5. The Morgan fingerprint density at radius 1 is 0.923 bits per heavy atom. The van der Waals surface area contributed by atoms with Gasteiger partial charge in [0.15, 0.2) is 5.78 Å². The Kier molecular flexibility index (Phi) is 4.93. The highest BCUT2D eigenvalue weighted by Gasteiger charge is 2.23. The van der Waals surface area contributed by atoms with Gasteiger partial charge in [0.1, 0.15) is 0 Å². The lowest BCUT2D eigenvalue weighted by molar-refractivity contribution is -0.111. The molecule has 0 unspecified atom stereocenters. The number of anilines is 1. The fourth-order valence-electron chi connectivity index (χ4n) is 3.44. The molecule has 0 radical (unpaired) electrons. The quantitative estimate of drug-likeness (QED) is 0.794. The molecule has 0 bridgehead atoms. The molecule has 26 heavy (non-hydrogen) atoms. The number of benzene rings is 1. The van der Waals surface area contributed by atoms with Crippen molar-refractivity contribution in [3.05, 3.63) is 71.1 Å². The Bertz CT molecular complexity index is 832. The number of hydrogen-bond donors (Lipinski definition) is 0. The van der Waals surface area contributed by atoms with E-state index >= 15 is 0 Å². The van der Waals surface area contributed by atoms with Crippen LogP contribution in [0.15, 0.2) is 59.9 Å². The summed E-state index contributed by atoms with van der Waals surface area (Å²) in [7, 11) is 0. The number of ketones is 1. The Morgan fingerprint density at radius 3 is 2.27 bits per heavy atom. The summed E-state index contributed by atoms with van der Waals surface area (Å²) in [6, 6.07) is 12.3. The van der Waals surface area contributed by atoms with Gasteiger partial charge in [-0.15, -0.1) is 0 Å². The minimum Gasteiger partial charge on any atom is -0.378 e. The van der Waals surface area contributed by atoms with Crippen LogP contribution in [0.5, 0.6) is 0 Å². The Balaban J connectivity index is 1.48. The van der Waals surface area contributed by atoms with Gasteiger partial charge in [-0.3, -0.25) is 9.78 Å². The molecular formula is C22H22N2O2. The molecule has 1 saturated carbocycles. The van der Waals surface area contributed by atoms with Gasteiger partial charge in [0.25, 0.3) is 0 Å². The van der Waals surface area contributed by atoms with Crippen LogP contribution in [0.1, 0.15) is 24.0 Å². The third-order valence-electron chi connectivity index (χ3n) is 4.88. The standard InChI is InChI=1S/C22H22N2O2/c25-22-19(5-6-20(22)15-18-2-1-9-23-16-18)14-17-3-7-21(8-4-17)24-10-12-26-13-11-24/h1-4,7-9,14-16H,5-6,10-13H2/b19-14-,20-15+. The number of pyridine rings is 1. The molecule has 4 nitrogen and oxygen atoms in total. The summed E-state index contributed by atoms with van der Waals surface area (Å²) in [5.74, 6) is 0.158. The zero-order valence-electron chi connectivity index (χ0n) is 14.7. The predicted octanol–water partition coefficient (Wildman–Crippen LogP) is 3.75. The van der Waals surface area contributed by atoms with Crippen molar-refractivity contribution in [1.82, 2.24) is 4.98 Å². The SMILES string of the molecule is O=C1/C(=C\c2ccc(N3CCOCC3)cc2)CC/C1=C\c1cccnc1. The van der Waals surface area contributed by atoms with E-state index in [1.54, 1.807) is 12.4 Å². The second kappa shape index (κ2) is 7.67. The minimum atomic E-state index is 0.158. The van der Waals surface area contributed by atoms with Gasteiger partial charge in [-0.05, 0) is 54.3 Å². The van der Waals surface area contributed by atoms with E-state index in [4.69, 9.17) is 4.74 Å². The van der Waals surface area contributed by atoms with Crippen LogP contribution in [-0.4, -0.2) is 37.1 Å². The molecule has 1 aliphatic heterocycles. The highest BCUT2D eigenvalue weighted by molar-refractivity contribution is 6.15. The van der Waals surface area contributed by atoms with Crippen molar-refractivity contribution in [2.24, 2.45) is 0 Å². The summed E-state index contributed by atoms with van der Waals surface area (Å²) in [6.07, 6.45) is 9.10. The van der Waals surface area contributed by atoms with Gasteiger partial charge in [0.2, 0.25) is 0 Å². The lowest BCUT2D eigenvalue weighted by Gasteiger charge is -2.28. The van der Waals surface area contributed by atoms with Crippen molar-refractivity contribution < 1.29 is 9.53 Å². The number of Topliss-reactive ketones (excluding diaryl/α,β-unsaturated/α-hetero) is 1. The van der Waals surface area contributed by atoms with Gasteiger partial charge >= 0.3 is 0 Å². The zero-order chi connectivity index (χ0) is 17.8. The molecule has 1 aromatic carbocycles. The molecule has 0 atom stereocenters. The third-order valence-corrected chi connectivity index (χ3v) is 4.88. The van der Waals surface area contributed by atoms with E-state index < -0.39 is 0 Å². The Hall–Kier alpha value is -2.72. The van der Waals surface area contributed by atoms with E-state index in [2.05, 4.69) is 34.1 Å². The number of nitrogens with zero attached hydrogens (tertiary/aromatic N) is 2. The first-order valence-corrected chi connectivity index (χ1v) is 9.08. The summed E-state index contributed by atoms with van der Waals surface area (Å²) in [5.41, 5.74) is 5.03. The maximum Gasteiger partial charge on any atom is 0.185 e. The second-order valence-corrected chi connectivity index (χ2v) is 6.65. The summed E-state index contributed by atoms with van der Waals surface area (Å²) in [5, 5.41) is 0. The maximum absolute atomic E-state index is 12.6. The monoisotopic (exact) mass is 346 g/mol. The molecule has 4 rings (SSSR count). The van der Waals surface area contributed by atoms with E-state index in [0.717, 1.165) is 61.4 Å². The first kappa shape index (κ1) is 16.7. The molecule has 2 aromatic rings. The number of ether oxygens (including phenoxy) is 1. The van der Waals surface area contributed by atoms with Gasteiger partial charge in [-0.1, -0.05) is 18.2 Å². The third kappa shape index (κ3) is 3.75. The predicted molar refractivity (Wildman–Crippen MR) is 104 cm³/mol. The molecule has 4 heteroatoms. The van der Waals surface area contributed by atoms with Gasteiger partial charge in [0, 0.05) is 42.3 Å². The van der Waals surface area contributed by atoms with Crippen molar-refractivity contribution in [2.45, 2.75) is 12.8 Å². The number of morpholine rings is 1. The minimum absolute atomic E-state index is 0.158. The van der Waals surface area contributed by atoms with Gasteiger partial charge < -0.3 is 9.64 Å². The van der Waals surface area contributed by atoms with E-state index in [1.165, 1.54) is 5.69 Å². The average molecular weight is 346 g/mol. The summed E-state index contributed by atoms with van der Waals surface area (Å²) >= 11 is 0. The highest BCUT2D eigenvalue weighted by Crippen LogP contribution is 2.29. The molecule has 2 fully saturated rings. The van der Waals surface area contributed by atoms with Gasteiger partial charge in [-0.2, -0.15) is 0 Å². The first-order valence-electron chi connectivity index (χ1n) is 9.08. The van der Waals surface area contributed by atoms with Crippen LogP contribution >= 0.6 is 0 Å². The molecular weight excluding hydrogens is 324 g/mol. The van der Waals surface area contributed by atoms with Gasteiger partial charge in [-0.25, -0.2) is 0 Å². The van der Waals surface area contributed by atoms with Crippen LogP contribution in [-0.2, 0) is 9.53 Å². The molecule has 0 spiro atoms. The zero-order valence-corrected chi connectivity index (χ0v) is 14.7. The largest absolute Gasteiger partial charge is 0.378 e. The Labute approximate surface area is 153 Å². The fraction of sp³-hybridized carbons (Fsp3) is 0.273. The lowest BCUT2D eigenvalue weighted by atomic mass is 10.1. The van der Waals surface area contributed by atoms with Crippen molar-refractivity contribution >= 4 is 23.6 Å². The van der Waals surface area contributed by atoms with Crippen LogP contribution in [0.2, 0.25) is 0 Å². The van der Waals surface area contributed by atoms with Crippen molar-refractivity contribution in [3.63, 3.8) is 0 Å². The second-order valence-electron chi connectivity index (χ2n) is 6.65. The van der Waals surface area contributed by atoms with Crippen molar-refractivity contribution in [1.29, 1.82) is 0 Å². The smallest absolute Gasteiger partial charge is 0.185 e. The van der Waals surface area contributed by atoms with E-state index in [-0.39, 0.29) is 5.78 Å². The average Bonchev–Trinajstić information content (AvgIpc) is 3.04. The van der Waals surface area contributed by atoms with Crippen LogP contribution in [0, 0.1) is 0 Å². The van der Waals surface area contributed by atoms with Crippen LogP contribution < -0.4 is 4.90 Å². The molecule has 1 aliphatic carbocycles. The van der Waals surface area contributed by atoms with E-state index in [9.17, 15) is 4.79 Å². The number of aromatic nitrogens is 1. The van der Waals surface area contributed by atoms with Gasteiger partial charge in [0.05, 0.1) is 13.2 Å². The Morgan fingerprint density at radius 2 is 1.62 bits per heavy atom. The summed E-state index contributed by atoms with van der Waals surface area (Å²) in [4.78, 5) is 19.1. The van der Waals surface area contributed by atoms with Crippen molar-refractivity contribution in [2.75, 3.05) is 31.2 Å². The molecule has 1 aromatic heterocycles. The maximum atomic E-state index is 12.6. The number of hydrogen-bond acceptors (Lipinski definition) is 4. The van der Waals surface area contributed by atoms with Crippen LogP contribution in [0.25, 0.3) is 12.2 Å². The first-order chi connectivity index (χ1) is 12.8. The van der Waals surface area contributed by atoms with Crippen LogP contribution in [0.3, 0.4) is 0 Å². The molecule has 0 amide bonds. The summed E-state index contributed by atoms with van der Waals surface area (Å²) < 4.78 is 5.40. The van der Waals surface area contributed by atoms with Crippen LogP contribution in [0.4, 0.5) is 5.69 Å². The fourth-order valence-corrected chi connectivity index (χ4v) is 3.44.